The first-order chi connectivity index (χ1) is 9.35. The average Bonchev–Trinajstić information content (AvgIpc) is 2.37. The van der Waals surface area contributed by atoms with E-state index in [1.807, 2.05) is 0 Å². The lowest BCUT2D eigenvalue weighted by molar-refractivity contribution is -0.127. The highest BCUT2D eigenvalue weighted by Crippen LogP contribution is 2.17. The minimum absolute atomic E-state index is 0.235. The van der Waals surface area contributed by atoms with Crippen LogP contribution in [0.4, 0.5) is 9.18 Å². The Labute approximate surface area is 113 Å². The van der Waals surface area contributed by atoms with Crippen molar-refractivity contribution in [3.05, 3.63) is 29.6 Å². The number of amides is 3. The number of ether oxygens (including phenoxy) is 2. The van der Waals surface area contributed by atoms with Crippen LogP contribution in [0.25, 0.3) is 0 Å². The summed E-state index contributed by atoms with van der Waals surface area (Å²) >= 11 is 0. The van der Waals surface area contributed by atoms with Gasteiger partial charge in [-0.15, -0.1) is 0 Å². The minimum Gasteiger partial charge on any atom is -0.497 e. The molecule has 0 aliphatic carbocycles. The van der Waals surface area contributed by atoms with Crippen molar-refractivity contribution in [3.8, 4) is 5.75 Å². The van der Waals surface area contributed by atoms with Crippen LogP contribution in [0.1, 0.15) is 17.3 Å². The highest BCUT2D eigenvalue weighted by Gasteiger charge is 2.22. The lowest BCUT2D eigenvalue weighted by Crippen LogP contribution is -2.42. The van der Waals surface area contributed by atoms with Crippen molar-refractivity contribution in [2.75, 3.05) is 7.11 Å². The zero-order valence-electron chi connectivity index (χ0n) is 10.8. The van der Waals surface area contributed by atoms with E-state index in [4.69, 9.17) is 15.2 Å². The Morgan fingerprint density at radius 2 is 2.00 bits per heavy atom. The van der Waals surface area contributed by atoms with Gasteiger partial charge >= 0.3 is 12.0 Å². The summed E-state index contributed by atoms with van der Waals surface area (Å²) in [4.78, 5) is 33.4. The van der Waals surface area contributed by atoms with E-state index in [-0.39, 0.29) is 11.3 Å². The minimum atomic E-state index is -1.29. The molecule has 0 fully saturated rings. The fourth-order valence-electron chi connectivity index (χ4n) is 1.29. The molecule has 0 spiro atoms. The van der Waals surface area contributed by atoms with Crippen LogP contribution in [0.3, 0.4) is 0 Å². The Bertz CT molecular complexity index is 547. The molecule has 3 N–H and O–H groups in total. The normalized spacial score (nSPS) is 11.3. The summed E-state index contributed by atoms with van der Waals surface area (Å²) in [6.45, 7) is 1.22. The number of halogens is 1. The van der Waals surface area contributed by atoms with Crippen molar-refractivity contribution in [1.82, 2.24) is 5.32 Å². The number of nitrogens with two attached hydrogens (primary N) is 1. The molecule has 0 unspecified atom stereocenters. The molecule has 0 heterocycles. The second-order valence-electron chi connectivity index (χ2n) is 3.75. The number of primary amides is 1. The molecule has 0 aliphatic rings. The fourth-order valence-corrected chi connectivity index (χ4v) is 1.29. The quantitative estimate of drug-likeness (QED) is 0.786. The maximum absolute atomic E-state index is 13.6. The number of hydrogen-bond acceptors (Lipinski definition) is 5. The maximum Gasteiger partial charge on any atom is 0.341 e. The number of nitrogens with one attached hydrogen (secondary N) is 1. The molecule has 0 aliphatic heterocycles. The van der Waals surface area contributed by atoms with Gasteiger partial charge in [-0.3, -0.25) is 10.1 Å². The number of imide groups is 1. The summed E-state index contributed by atoms with van der Waals surface area (Å²) in [5.74, 6) is -2.56. The third kappa shape index (κ3) is 3.94. The zero-order chi connectivity index (χ0) is 15.3. The number of urea groups is 1. The van der Waals surface area contributed by atoms with E-state index in [1.165, 1.54) is 20.1 Å². The third-order valence-electron chi connectivity index (χ3n) is 2.30. The molecular weight excluding hydrogens is 271 g/mol. The van der Waals surface area contributed by atoms with Crippen molar-refractivity contribution in [1.29, 1.82) is 0 Å². The van der Waals surface area contributed by atoms with E-state index in [1.54, 1.807) is 5.32 Å². The average molecular weight is 284 g/mol. The van der Waals surface area contributed by atoms with Gasteiger partial charge in [-0.1, -0.05) is 0 Å². The van der Waals surface area contributed by atoms with Crippen molar-refractivity contribution < 1.29 is 28.2 Å². The van der Waals surface area contributed by atoms with Gasteiger partial charge in [-0.05, 0) is 19.1 Å². The molecule has 1 aromatic carbocycles. The summed E-state index contributed by atoms with van der Waals surface area (Å²) in [6.07, 6.45) is -1.29. The van der Waals surface area contributed by atoms with Gasteiger partial charge in [0.1, 0.15) is 11.6 Å². The number of carbonyl (C=O) groups is 3. The van der Waals surface area contributed by atoms with Crippen LogP contribution in [0.5, 0.6) is 5.75 Å². The molecule has 0 radical (unpaired) electrons. The topological polar surface area (TPSA) is 108 Å². The van der Waals surface area contributed by atoms with Gasteiger partial charge in [0, 0.05) is 6.07 Å². The molecular formula is C12H13FN2O5. The predicted octanol–water partition coefficient (Wildman–Crippen LogP) is 0.575. The number of benzene rings is 1. The summed E-state index contributed by atoms with van der Waals surface area (Å²) in [6, 6.07) is 2.46. The number of rotatable bonds is 4. The molecule has 1 atom stereocenters. The SMILES string of the molecule is COc1ccc(C(=O)O[C@H](C)C(=O)NC(N)=O)c(F)c1. The summed E-state index contributed by atoms with van der Waals surface area (Å²) < 4.78 is 23.1. The molecule has 7 nitrogen and oxygen atoms in total. The van der Waals surface area contributed by atoms with Crippen LogP contribution in [0, 0.1) is 5.82 Å². The molecule has 8 heteroatoms. The molecule has 0 saturated carbocycles. The predicted molar refractivity (Wildman–Crippen MR) is 65.6 cm³/mol. The monoisotopic (exact) mass is 284 g/mol. The smallest absolute Gasteiger partial charge is 0.341 e. The van der Waals surface area contributed by atoms with Gasteiger partial charge in [0.15, 0.2) is 6.10 Å². The van der Waals surface area contributed by atoms with Crippen LogP contribution in [-0.4, -0.2) is 31.1 Å². The molecule has 108 valence electrons. The summed E-state index contributed by atoms with van der Waals surface area (Å²) in [5, 5.41) is 1.74. The first-order valence-electron chi connectivity index (χ1n) is 5.50. The lowest BCUT2D eigenvalue weighted by Gasteiger charge is -2.12. The van der Waals surface area contributed by atoms with E-state index < -0.39 is 29.8 Å². The standard InChI is InChI=1S/C12H13FN2O5/c1-6(10(16)15-12(14)18)20-11(17)8-4-3-7(19-2)5-9(8)13/h3-6H,1-2H3,(H3,14,15,16,18)/t6-/m1/s1. The van der Waals surface area contributed by atoms with E-state index >= 15 is 0 Å². The van der Waals surface area contributed by atoms with Crippen molar-refractivity contribution in [2.45, 2.75) is 13.0 Å². The summed E-state index contributed by atoms with van der Waals surface area (Å²) in [7, 11) is 1.35. The van der Waals surface area contributed by atoms with Crippen LogP contribution < -0.4 is 15.8 Å². The number of carbonyl (C=O) groups excluding carboxylic acids is 3. The van der Waals surface area contributed by atoms with E-state index in [9.17, 15) is 18.8 Å². The van der Waals surface area contributed by atoms with Crippen molar-refractivity contribution >= 4 is 17.9 Å². The van der Waals surface area contributed by atoms with Crippen LogP contribution in [0.2, 0.25) is 0 Å². The van der Waals surface area contributed by atoms with Gasteiger partial charge in [-0.2, -0.15) is 0 Å². The van der Waals surface area contributed by atoms with Crippen molar-refractivity contribution in [2.24, 2.45) is 5.73 Å². The highest BCUT2D eigenvalue weighted by molar-refractivity contribution is 5.98. The van der Waals surface area contributed by atoms with Crippen molar-refractivity contribution in [3.63, 3.8) is 0 Å². The van der Waals surface area contributed by atoms with Crippen LogP contribution >= 0.6 is 0 Å². The molecule has 1 rings (SSSR count). The molecule has 3 amide bonds. The largest absolute Gasteiger partial charge is 0.497 e. The van der Waals surface area contributed by atoms with E-state index in [0.717, 1.165) is 12.1 Å². The number of methoxy groups -OCH3 is 1. The van der Waals surface area contributed by atoms with Crippen LogP contribution in [-0.2, 0) is 9.53 Å². The second-order valence-corrected chi connectivity index (χ2v) is 3.75. The van der Waals surface area contributed by atoms with E-state index in [0.29, 0.717) is 0 Å². The Morgan fingerprint density at radius 3 is 2.50 bits per heavy atom. The lowest BCUT2D eigenvalue weighted by atomic mass is 10.2. The molecule has 0 saturated heterocycles. The molecule has 1 aromatic rings. The molecule has 20 heavy (non-hydrogen) atoms. The third-order valence-corrected chi connectivity index (χ3v) is 2.30. The van der Waals surface area contributed by atoms with Gasteiger partial charge in [0.2, 0.25) is 0 Å². The Morgan fingerprint density at radius 1 is 1.35 bits per heavy atom. The zero-order valence-corrected chi connectivity index (χ0v) is 10.8. The van der Waals surface area contributed by atoms with Gasteiger partial charge in [0.25, 0.3) is 5.91 Å². The first kappa shape index (κ1) is 15.4. The Kier molecular flexibility index (Phi) is 5.01. The first-order valence-corrected chi connectivity index (χ1v) is 5.50. The second kappa shape index (κ2) is 6.50. The fraction of sp³-hybridized carbons (Fsp3) is 0.250. The Hall–Kier alpha value is -2.64. The van der Waals surface area contributed by atoms with Gasteiger partial charge in [0.05, 0.1) is 12.7 Å². The number of hydrogen-bond donors (Lipinski definition) is 2. The summed E-state index contributed by atoms with van der Waals surface area (Å²) in [5.41, 5.74) is 4.39. The van der Waals surface area contributed by atoms with E-state index in [2.05, 4.69) is 0 Å². The van der Waals surface area contributed by atoms with Gasteiger partial charge < -0.3 is 15.2 Å². The maximum atomic E-state index is 13.6. The van der Waals surface area contributed by atoms with Crippen LogP contribution in [0.15, 0.2) is 18.2 Å². The number of esters is 1. The Balaban J connectivity index is 2.76. The van der Waals surface area contributed by atoms with Gasteiger partial charge in [-0.25, -0.2) is 14.0 Å². The molecule has 0 bridgehead atoms. The molecule has 0 aromatic heterocycles. The highest BCUT2D eigenvalue weighted by atomic mass is 19.1.